The third kappa shape index (κ3) is 3.68. The quantitative estimate of drug-likeness (QED) is 0.725. The Morgan fingerprint density at radius 3 is 2.79 bits per heavy atom. The molecule has 0 aromatic rings. The highest BCUT2D eigenvalue weighted by Crippen LogP contribution is 2.28. The zero-order valence-corrected chi connectivity index (χ0v) is 12.0. The summed E-state index contributed by atoms with van der Waals surface area (Å²) < 4.78 is 5.45. The van der Waals surface area contributed by atoms with E-state index in [9.17, 15) is 9.90 Å². The molecule has 0 aromatic heterocycles. The van der Waals surface area contributed by atoms with E-state index < -0.39 is 0 Å². The number of hydrogen-bond acceptors (Lipinski definition) is 4. The zero-order valence-electron chi connectivity index (χ0n) is 12.0. The fourth-order valence-corrected chi connectivity index (χ4v) is 2.94. The topological polar surface area (TPSA) is 61.8 Å². The van der Waals surface area contributed by atoms with Crippen LogP contribution < -0.4 is 5.32 Å². The molecule has 1 heterocycles. The molecule has 110 valence electrons. The van der Waals surface area contributed by atoms with Gasteiger partial charge < -0.3 is 20.1 Å². The molecule has 0 bridgehead atoms. The van der Waals surface area contributed by atoms with Crippen LogP contribution in [0, 0.1) is 11.8 Å². The Balaban J connectivity index is 1.80. The van der Waals surface area contributed by atoms with Crippen molar-refractivity contribution in [2.24, 2.45) is 11.8 Å². The number of hydrogen-bond donors (Lipinski definition) is 2. The van der Waals surface area contributed by atoms with Gasteiger partial charge in [-0.1, -0.05) is 6.92 Å². The number of aliphatic hydroxyl groups excluding tert-OH is 1. The largest absolute Gasteiger partial charge is 0.393 e. The molecular formula is C14H26N2O3. The van der Waals surface area contributed by atoms with Gasteiger partial charge in [-0.3, -0.25) is 4.79 Å². The molecule has 0 aromatic carbocycles. The number of carbonyl (C=O) groups excluding carboxylic acids is 1. The number of amides is 1. The van der Waals surface area contributed by atoms with E-state index in [0.29, 0.717) is 19.1 Å². The van der Waals surface area contributed by atoms with E-state index in [0.717, 1.165) is 32.4 Å². The van der Waals surface area contributed by atoms with Crippen LogP contribution in [0.15, 0.2) is 0 Å². The summed E-state index contributed by atoms with van der Waals surface area (Å²) in [4.78, 5) is 14.2. The molecule has 1 saturated heterocycles. The van der Waals surface area contributed by atoms with E-state index in [1.165, 1.54) is 0 Å². The summed E-state index contributed by atoms with van der Waals surface area (Å²) in [7, 11) is 1.86. The molecule has 2 atom stereocenters. The molecular weight excluding hydrogens is 244 g/mol. The van der Waals surface area contributed by atoms with E-state index in [1.807, 2.05) is 11.9 Å². The van der Waals surface area contributed by atoms with Crippen molar-refractivity contribution in [1.82, 2.24) is 10.2 Å². The smallest absolute Gasteiger partial charge is 0.229 e. The molecule has 2 N–H and O–H groups in total. The van der Waals surface area contributed by atoms with Gasteiger partial charge in [0, 0.05) is 19.6 Å². The molecule has 2 aliphatic rings. The molecule has 1 amide bonds. The Hall–Kier alpha value is -0.650. The third-order valence-electron chi connectivity index (χ3n) is 4.17. The minimum Gasteiger partial charge on any atom is -0.393 e. The van der Waals surface area contributed by atoms with Crippen LogP contribution in [0.5, 0.6) is 0 Å². The van der Waals surface area contributed by atoms with E-state index in [4.69, 9.17) is 4.74 Å². The Kier molecular flexibility index (Phi) is 5.19. The number of nitrogens with zero attached hydrogens (tertiary/aromatic N) is 1. The standard InChI is InChI=1S/C14H26N2O3/c1-3-4-15-13-9-19-8-12(13)14(18)16(2)7-10-5-11(17)6-10/h10-13,15,17H,3-9H2,1-2H3. The van der Waals surface area contributed by atoms with Crippen molar-refractivity contribution in [3.05, 3.63) is 0 Å². The summed E-state index contributed by atoms with van der Waals surface area (Å²) in [5.74, 6) is 0.586. The average Bonchev–Trinajstić information content (AvgIpc) is 2.81. The number of ether oxygens (including phenoxy) is 1. The van der Waals surface area contributed by atoms with Crippen molar-refractivity contribution in [3.8, 4) is 0 Å². The first-order valence-corrected chi connectivity index (χ1v) is 7.36. The molecule has 1 saturated carbocycles. The predicted octanol–water partition coefficient (Wildman–Crippen LogP) is 0.230. The molecule has 1 aliphatic heterocycles. The molecule has 1 aliphatic carbocycles. The summed E-state index contributed by atoms with van der Waals surface area (Å²) in [5, 5.41) is 12.7. The highest BCUT2D eigenvalue weighted by Gasteiger charge is 2.37. The number of carbonyl (C=O) groups is 1. The van der Waals surface area contributed by atoms with Gasteiger partial charge in [0.15, 0.2) is 0 Å². The minimum atomic E-state index is -0.151. The summed E-state index contributed by atoms with van der Waals surface area (Å²) >= 11 is 0. The van der Waals surface area contributed by atoms with Crippen molar-refractivity contribution >= 4 is 5.91 Å². The maximum absolute atomic E-state index is 12.4. The van der Waals surface area contributed by atoms with Crippen LogP contribution in [0.1, 0.15) is 26.2 Å². The molecule has 0 spiro atoms. The lowest BCUT2D eigenvalue weighted by atomic mass is 9.82. The third-order valence-corrected chi connectivity index (χ3v) is 4.17. The molecule has 2 unspecified atom stereocenters. The Labute approximate surface area is 115 Å². The van der Waals surface area contributed by atoms with Gasteiger partial charge in [0.2, 0.25) is 5.91 Å². The Morgan fingerprint density at radius 1 is 1.42 bits per heavy atom. The Bertz CT molecular complexity index is 305. The normalized spacial score (nSPS) is 34.1. The lowest BCUT2D eigenvalue weighted by molar-refractivity contribution is -0.136. The van der Waals surface area contributed by atoms with Gasteiger partial charge in [0.05, 0.1) is 25.2 Å². The zero-order chi connectivity index (χ0) is 13.8. The highest BCUT2D eigenvalue weighted by molar-refractivity contribution is 5.79. The maximum atomic E-state index is 12.4. The highest BCUT2D eigenvalue weighted by atomic mass is 16.5. The van der Waals surface area contributed by atoms with Gasteiger partial charge in [-0.05, 0) is 31.7 Å². The molecule has 0 radical (unpaired) electrons. The van der Waals surface area contributed by atoms with Gasteiger partial charge in [0.1, 0.15) is 0 Å². The summed E-state index contributed by atoms with van der Waals surface area (Å²) in [5.41, 5.74) is 0. The van der Waals surface area contributed by atoms with Crippen LogP contribution in [0.25, 0.3) is 0 Å². The van der Waals surface area contributed by atoms with Crippen LogP contribution in [0.4, 0.5) is 0 Å². The van der Waals surface area contributed by atoms with Crippen LogP contribution in [-0.4, -0.2) is 61.4 Å². The molecule has 2 rings (SSSR count). The number of rotatable bonds is 6. The van der Waals surface area contributed by atoms with Gasteiger partial charge in [-0.25, -0.2) is 0 Å². The van der Waals surface area contributed by atoms with Crippen LogP contribution in [0.3, 0.4) is 0 Å². The van der Waals surface area contributed by atoms with Crippen molar-refractivity contribution in [3.63, 3.8) is 0 Å². The lowest BCUT2D eigenvalue weighted by Crippen LogP contribution is -2.47. The molecule has 2 fully saturated rings. The van der Waals surface area contributed by atoms with Crippen molar-refractivity contribution in [2.75, 3.05) is 33.4 Å². The van der Waals surface area contributed by atoms with Crippen LogP contribution in [0.2, 0.25) is 0 Å². The monoisotopic (exact) mass is 270 g/mol. The lowest BCUT2D eigenvalue weighted by Gasteiger charge is -2.35. The van der Waals surface area contributed by atoms with E-state index in [-0.39, 0.29) is 24.0 Å². The van der Waals surface area contributed by atoms with Crippen LogP contribution >= 0.6 is 0 Å². The predicted molar refractivity (Wildman–Crippen MR) is 72.8 cm³/mol. The fourth-order valence-electron chi connectivity index (χ4n) is 2.94. The van der Waals surface area contributed by atoms with E-state index >= 15 is 0 Å². The second kappa shape index (κ2) is 6.68. The number of nitrogens with one attached hydrogen (secondary N) is 1. The van der Waals surface area contributed by atoms with Crippen molar-refractivity contribution in [2.45, 2.75) is 38.3 Å². The Morgan fingerprint density at radius 2 is 2.16 bits per heavy atom. The average molecular weight is 270 g/mol. The molecule has 5 nitrogen and oxygen atoms in total. The van der Waals surface area contributed by atoms with E-state index in [1.54, 1.807) is 0 Å². The summed E-state index contributed by atoms with van der Waals surface area (Å²) in [6, 6.07) is 0.155. The van der Waals surface area contributed by atoms with Crippen molar-refractivity contribution in [1.29, 1.82) is 0 Å². The fraction of sp³-hybridized carbons (Fsp3) is 0.929. The van der Waals surface area contributed by atoms with Gasteiger partial charge in [-0.2, -0.15) is 0 Å². The molecule has 19 heavy (non-hydrogen) atoms. The van der Waals surface area contributed by atoms with Gasteiger partial charge >= 0.3 is 0 Å². The van der Waals surface area contributed by atoms with Crippen molar-refractivity contribution < 1.29 is 14.6 Å². The first-order chi connectivity index (χ1) is 9.11. The maximum Gasteiger partial charge on any atom is 0.229 e. The SMILES string of the molecule is CCCNC1COCC1C(=O)N(C)CC1CC(O)C1. The first kappa shape index (κ1) is 14.8. The van der Waals surface area contributed by atoms with E-state index in [2.05, 4.69) is 12.2 Å². The summed E-state index contributed by atoms with van der Waals surface area (Å²) in [6.07, 6.45) is 2.57. The second-order valence-electron chi connectivity index (χ2n) is 5.91. The summed E-state index contributed by atoms with van der Waals surface area (Å²) in [6.45, 7) is 4.96. The second-order valence-corrected chi connectivity index (χ2v) is 5.91. The molecule has 5 heteroatoms. The minimum absolute atomic E-state index is 0.0541. The van der Waals surface area contributed by atoms with Gasteiger partial charge in [0.25, 0.3) is 0 Å². The van der Waals surface area contributed by atoms with Crippen LogP contribution in [-0.2, 0) is 9.53 Å². The first-order valence-electron chi connectivity index (χ1n) is 7.36. The van der Waals surface area contributed by atoms with Gasteiger partial charge in [-0.15, -0.1) is 0 Å². The number of aliphatic hydroxyl groups is 1.